The standard InChI is InChI=1S/C23H29N7O4/c1-32-19-14-21(34-3)20(33-2)13-17(19)15-24-22(31)16-28-9-11-29(12-10-28)23-25-26-27-30(23)18-7-5-4-6-8-18/h4-8,13-14H,9-12,15-16H2,1-3H3,(H,24,31). The lowest BCUT2D eigenvalue weighted by Crippen LogP contribution is -2.50. The van der Waals surface area contributed by atoms with Gasteiger partial charge in [-0.1, -0.05) is 23.3 Å². The summed E-state index contributed by atoms with van der Waals surface area (Å²) in [6.45, 7) is 3.55. The van der Waals surface area contributed by atoms with E-state index in [1.54, 1.807) is 32.1 Å². The van der Waals surface area contributed by atoms with Crippen LogP contribution in [0.1, 0.15) is 5.56 Å². The van der Waals surface area contributed by atoms with E-state index < -0.39 is 0 Å². The van der Waals surface area contributed by atoms with E-state index in [2.05, 4.69) is 30.6 Å². The quantitative estimate of drug-likeness (QED) is 0.495. The number of hydrogen-bond donors (Lipinski definition) is 1. The first kappa shape index (κ1) is 23.3. The van der Waals surface area contributed by atoms with Crippen LogP contribution in [0.2, 0.25) is 0 Å². The number of rotatable bonds is 9. The number of ether oxygens (including phenoxy) is 3. The van der Waals surface area contributed by atoms with E-state index in [4.69, 9.17) is 14.2 Å². The molecule has 1 aliphatic heterocycles. The van der Waals surface area contributed by atoms with E-state index in [1.807, 2.05) is 36.4 Å². The third-order valence-electron chi connectivity index (χ3n) is 5.74. The fourth-order valence-electron chi connectivity index (χ4n) is 3.91. The van der Waals surface area contributed by atoms with Crippen molar-refractivity contribution in [3.63, 3.8) is 0 Å². The third kappa shape index (κ3) is 5.20. The number of carbonyl (C=O) groups excluding carboxylic acids is 1. The number of carbonyl (C=O) groups is 1. The largest absolute Gasteiger partial charge is 0.496 e. The van der Waals surface area contributed by atoms with Crippen molar-refractivity contribution in [2.24, 2.45) is 0 Å². The first-order chi connectivity index (χ1) is 16.6. The Bertz CT molecular complexity index is 1100. The van der Waals surface area contributed by atoms with Crippen LogP contribution in [0.15, 0.2) is 42.5 Å². The first-order valence-corrected chi connectivity index (χ1v) is 11.0. The number of para-hydroxylation sites is 1. The molecule has 0 bridgehead atoms. The number of nitrogens with zero attached hydrogens (tertiary/aromatic N) is 6. The highest BCUT2D eigenvalue weighted by Crippen LogP contribution is 2.34. The monoisotopic (exact) mass is 467 g/mol. The summed E-state index contributed by atoms with van der Waals surface area (Å²) in [6.07, 6.45) is 0. The third-order valence-corrected chi connectivity index (χ3v) is 5.74. The summed E-state index contributed by atoms with van der Waals surface area (Å²) in [5.41, 5.74) is 1.72. The van der Waals surface area contributed by atoms with Crippen molar-refractivity contribution < 1.29 is 19.0 Å². The van der Waals surface area contributed by atoms with Crippen LogP contribution in [0.3, 0.4) is 0 Å². The van der Waals surface area contributed by atoms with Gasteiger partial charge in [-0.05, 0) is 28.6 Å². The van der Waals surface area contributed by atoms with Gasteiger partial charge in [-0.3, -0.25) is 9.69 Å². The molecule has 0 saturated carbocycles. The fourth-order valence-corrected chi connectivity index (χ4v) is 3.91. The number of methoxy groups -OCH3 is 3. The van der Waals surface area contributed by atoms with Gasteiger partial charge in [-0.2, -0.15) is 4.68 Å². The molecule has 1 fully saturated rings. The predicted octanol–water partition coefficient (Wildman–Crippen LogP) is 1.13. The maximum atomic E-state index is 12.6. The second-order valence-electron chi connectivity index (χ2n) is 7.79. The summed E-state index contributed by atoms with van der Waals surface area (Å²) in [6, 6.07) is 13.4. The lowest BCUT2D eigenvalue weighted by molar-refractivity contribution is -0.122. The highest BCUT2D eigenvalue weighted by molar-refractivity contribution is 5.78. The van der Waals surface area contributed by atoms with Crippen LogP contribution in [0, 0.1) is 0 Å². The molecule has 0 atom stereocenters. The van der Waals surface area contributed by atoms with Crippen LogP contribution in [-0.2, 0) is 11.3 Å². The normalized spacial score (nSPS) is 14.0. The van der Waals surface area contributed by atoms with E-state index in [1.165, 1.54) is 0 Å². The predicted molar refractivity (Wildman–Crippen MR) is 126 cm³/mol. The van der Waals surface area contributed by atoms with Gasteiger partial charge in [0.05, 0.1) is 33.6 Å². The summed E-state index contributed by atoms with van der Waals surface area (Å²) in [4.78, 5) is 16.9. The minimum atomic E-state index is -0.0561. The Labute approximate surface area is 198 Å². The van der Waals surface area contributed by atoms with E-state index in [-0.39, 0.29) is 5.91 Å². The van der Waals surface area contributed by atoms with Gasteiger partial charge in [0.15, 0.2) is 11.5 Å². The zero-order valence-electron chi connectivity index (χ0n) is 19.6. The Morgan fingerprint density at radius 2 is 1.62 bits per heavy atom. The summed E-state index contributed by atoms with van der Waals surface area (Å²) in [5, 5.41) is 15.2. The molecule has 180 valence electrons. The van der Waals surface area contributed by atoms with Gasteiger partial charge < -0.3 is 24.4 Å². The summed E-state index contributed by atoms with van der Waals surface area (Å²) < 4.78 is 17.8. The highest BCUT2D eigenvalue weighted by Gasteiger charge is 2.23. The number of benzene rings is 2. The van der Waals surface area contributed by atoms with E-state index >= 15 is 0 Å². The van der Waals surface area contributed by atoms with Crippen LogP contribution < -0.4 is 24.4 Å². The molecule has 1 saturated heterocycles. The molecule has 2 heterocycles. The minimum absolute atomic E-state index is 0.0561. The van der Waals surface area contributed by atoms with Crippen LogP contribution in [0.5, 0.6) is 17.2 Å². The zero-order valence-corrected chi connectivity index (χ0v) is 19.6. The second kappa shape index (κ2) is 10.8. The maximum Gasteiger partial charge on any atom is 0.250 e. The van der Waals surface area contributed by atoms with Crippen molar-refractivity contribution >= 4 is 11.9 Å². The van der Waals surface area contributed by atoms with Gasteiger partial charge in [0.1, 0.15) is 5.75 Å². The summed E-state index contributed by atoms with van der Waals surface area (Å²) in [5.74, 6) is 2.44. The highest BCUT2D eigenvalue weighted by atomic mass is 16.5. The molecular formula is C23H29N7O4. The maximum absolute atomic E-state index is 12.6. The van der Waals surface area contributed by atoms with E-state index in [0.717, 1.165) is 37.4 Å². The van der Waals surface area contributed by atoms with Gasteiger partial charge in [0.25, 0.3) is 0 Å². The first-order valence-electron chi connectivity index (χ1n) is 11.0. The molecule has 0 spiro atoms. The van der Waals surface area contributed by atoms with Crippen LogP contribution in [-0.4, -0.2) is 85.1 Å². The molecular weight excluding hydrogens is 438 g/mol. The fraction of sp³-hybridized carbons (Fsp3) is 0.391. The Morgan fingerprint density at radius 3 is 2.29 bits per heavy atom. The molecule has 11 heteroatoms. The van der Waals surface area contributed by atoms with Gasteiger partial charge in [0, 0.05) is 44.4 Å². The topological polar surface area (TPSA) is 107 Å². The van der Waals surface area contributed by atoms with Crippen molar-refractivity contribution in [1.82, 2.24) is 30.4 Å². The smallest absolute Gasteiger partial charge is 0.250 e. The van der Waals surface area contributed by atoms with Crippen LogP contribution >= 0.6 is 0 Å². The van der Waals surface area contributed by atoms with Gasteiger partial charge in [-0.15, -0.1) is 0 Å². The Hall–Kier alpha value is -3.86. The van der Waals surface area contributed by atoms with Crippen molar-refractivity contribution in [2.75, 3.05) is 59.0 Å². The molecule has 11 nitrogen and oxygen atoms in total. The van der Waals surface area contributed by atoms with Crippen LogP contribution in [0.4, 0.5) is 5.95 Å². The van der Waals surface area contributed by atoms with E-state index in [0.29, 0.717) is 36.3 Å². The van der Waals surface area contributed by atoms with Gasteiger partial charge in [-0.25, -0.2) is 0 Å². The molecule has 0 unspecified atom stereocenters. The minimum Gasteiger partial charge on any atom is -0.496 e. The Balaban J connectivity index is 1.30. The van der Waals surface area contributed by atoms with Gasteiger partial charge >= 0.3 is 0 Å². The second-order valence-corrected chi connectivity index (χ2v) is 7.79. The molecule has 0 aliphatic carbocycles. The molecule has 4 rings (SSSR count). The number of anilines is 1. The lowest BCUT2D eigenvalue weighted by Gasteiger charge is -2.34. The molecule has 1 aliphatic rings. The molecule has 3 aromatic rings. The van der Waals surface area contributed by atoms with Crippen LogP contribution in [0.25, 0.3) is 5.69 Å². The van der Waals surface area contributed by atoms with Gasteiger partial charge in [0.2, 0.25) is 11.9 Å². The number of nitrogens with one attached hydrogen (secondary N) is 1. The number of aromatic nitrogens is 4. The van der Waals surface area contributed by atoms with Crippen molar-refractivity contribution in [1.29, 1.82) is 0 Å². The summed E-state index contributed by atoms with van der Waals surface area (Å²) >= 11 is 0. The van der Waals surface area contributed by atoms with E-state index in [9.17, 15) is 4.79 Å². The molecule has 34 heavy (non-hydrogen) atoms. The Morgan fingerprint density at radius 1 is 0.941 bits per heavy atom. The number of piperazine rings is 1. The molecule has 1 amide bonds. The molecule has 0 radical (unpaired) electrons. The van der Waals surface area contributed by atoms with Crippen molar-refractivity contribution in [3.05, 3.63) is 48.0 Å². The number of amides is 1. The lowest BCUT2D eigenvalue weighted by atomic mass is 10.1. The molecule has 1 aromatic heterocycles. The Kier molecular flexibility index (Phi) is 7.43. The SMILES string of the molecule is COc1cc(OC)c(OC)cc1CNC(=O)CN1CCN(c2nnnn2-c2ccccc2)CC1. The zero-order chi connectivity index (χ0) is 23.9. The summed E-state index contributed by atoms with van der Waals surface area (Å²) in [7, 11) is 4.73. The average molecular weight is 468 g/mol. The van der Waals surface area contributed by atoms with Crippen molar-refractivity contribution in [3.8, 4) is 22.9 Å². The average Bonchev–Trinajstić information content (AvgIpc) is 3.38. The molecule has 2 aromatic carbocycles. The van der Waals surface area contributed by atoms with Crippen molar-refractivity contribution in [2.45, 2.75) is 6.54 Å². The number of tetrazole rings is 1. The molecule has 1 N–H and O–H groups in total. The number of hydrogen-bond acceptors (Lipinski definition) is 9.